The molecule has 0 saturated carbocycles. The lowest BCUT2D eigenvalue weighted by Gasteiger charge is -2.09. The van der Waals surface area contributed by atoms with E-state index in [1.165, 1.54) is 31.4 Å². The number of methoxy groups -OCH3 is 1. The summed E-state index contributed by atoms with van der Waals surface area (Å²) in [6.45, 7) is 0.0460. The molecule has 178 valence electrons. The van der Waals surface area contributed by atoms with Crippen LogP contribution < -0.4 is 10.1 Å². The Morgan fingerprint density at radius 2 is 1.86 bits per heavy atom. The summed E-state index contributed by atoms with van der Waals surface area (Å²) in [6, 6.07) is 15.6. The minimum absolute atomic E-state index is 0.0257. The molecule has 2 N–H and O–H groups in total. The van der Waals surface area contributed by atoms with Gasteiger partial charge >= 0.3 is 18.0 Å². The molecule has 1 saturated heterocycles. The van der Waals surface area contributed by atoms with Crippen LogP contribution in [0.15, 0.2) is 70.8 Å². The molecule has 3 aromatic rings. The number of aromatic carboxylic acids is 1. The van der Waals surface area contributed by atoms with Crippen LogP contribution in [0.3, 0.4) is 0 Å². The Hall–Kier alpha value is -4.86. The monoisotopic (exact) mass is 476 g/mol. The summed E-state index contributed by atoms with van der Waals surface area (Å²) in [7, 11) is 1.22. The first kappa shape index (κ1) is 23.3. The molecular formula is C25H20N2O8. The quantitative estimate of drug-likeness (QED) is 0.287. The fraction of sp³-hybridized carbons (Fsp3) is 0.120. The number of imide groups is 1. The molecule has 1 fully saturated rings. The number of carbonyl (C=O) groups excluding carboxylic acids is 3. The summed E-state index contributed by atoms with van der Waals surface area (Å²) in [5.41, 5.74) is 1.64. The van der Waals surface area contributed by atoms with E-state index in [9.17, 15) is 19.2 Å². The summed E-state index contributed by atoms with van der Waals surface area (Å²) >= 11 is 0. The molecule has 1 aromatic heterocycles. The highest BCUT2D eigenvalue weighted by Gasteiger charge is 2.34. The van der Waals surface area contributed by atoms with Crippen molar-refractivity contribution in [3.8, 4) is 5.75 Å². The highest BCUT2D eigenvalue weighted by atomic mass is 16.5. The van der Waals surface area contributed by atoms with Gasteiger partial charge in [-0.3, -0.25) is 9.69 Å². The number of hydrogen-bond acceptors (Lipinski definition) is 7. The molecule has 1 aliphatic rings. The number of rotatable bonds is 8. The number of esters is 1. The first-order valence-corrected chi connectivity index (χ1v) is 10.4. The zero-order valence-electron chi connectivity index (χ0n) is 18.5. The van der Waals surface area contributed by atoms with Crippen LogP contribution in [0.5, 0.6) is 5.75 Å². The van der Waals surface area contributed by atoms with Crippen LogP contribution >= 0.6 is 0 Å². The van der Waals surface area contributed by atoms with Crippen molar-refractivity contribution in [1.82, 2.24) is 10.2 Å². The number of nitrogens with one attached hydrogen (secondary N) is 1. The van der Waals surface area contributed by atoms with Gasteiger partial charge in [0.05, 0.1) is 19.2 Å². The predicted molar refractivity (Wildman–Crippen MR) is 121 cm³/mol. The van der Waals surface area contributed by atoms with Gasteiger partial charge in [-0.05, 0) is 53.6 Å². The second-order valence-electron chi connectivity index (χ2n) is 7.50. The predicted octanol–water partition coefficient (Wildman–Crippen LogP) is 3.44. The van der Waals surface area contributed by atoms with Gasteiger partial charge in [-0.25, -0.2) is 14.4 Å². The maximum Gasteiger partial charge on any atom is 0.373 e. The summed E-state index contributed by atoms with van der Waals surface area (Å²) in [4.78, 5) is 48.5. The van der Waals surface area contributed by atoms with Crippen LogP contribution in [-0.2, 0) is 22.7 Å². The number of carboxylic acids is 1. The third kappa shape index (κ3) is 5.38. The van der Waals surface area contributed by atoms with Crippen LogP contribution in [0.1, 0.15) is 37.8 Å². The van der Waals surface area contributed by atoms with E-state index in [-0.39, 0.29) is 35.9 Å². The first-order valence-electron chi connectivity index (χ1n) is 10.4. The Bertz CT molecular complexity index is 1320. The number of nitrogens with zero attached hydrogens (tertiary/aromatic N) is 1. The topological polar surface area (TPSA) is 135 Å². The first-order chi connectivity index (χ1) is 16.8. The van der Waals surface area contributed by atoms with E-state index in [0.717, 1.165) is 4.90 Å². The molecule has 0 bridgehead atoms. The lowest BCUT2D eigenvalue weighted by atomic mass is 10.1. The van der Waals surface area contributed by atoms with Crippen molar-refractivity contribution in [1.29, 1.82) is 0 Å². The number of furan rings is 1. The smallest absolute Gasteiger partial charge is 0.373 e. The van der Waals surface area contributed by atoms with E-state index in [1.807, 2.05) is 0 Å². The van der Waals surface area contributed by atoms with Crippen LogP contribution in [0.2, 0.25) is 0 Å². The van der Waals surface area contributed by atoms with E-state index in [2.05, 4.69) is 10.1 Å². The van der Waals surface area contributed by atoms with Gasteiger partial charge in [0.25, 0.3) is 5.91 Å². The van der Waals surface area contributed by atoms with Gasteiger partial charge in [0.2, 0.25) is 5.76 Å². The molecule has 10 heteroatoms. The Morgan fingerprint density at radius 1 is 1.09 bits per heavy atom. The number of ether oxygens (including phenoxy) is 2. The number of hydrogen-bond donors (Lipinski definition) is 2. The van der Waals surface area contributed by atoms with Crippen molar-refractivity contribution < 1.29 is 38.2 Å². The van der Waals surface area contributed by atoms with Crippen molar-refractivity contribution in [2.24, 2.45) is 0 Å². The van der Waals surface area contributed by atoms with Gasteiger partial charge in [0, 0.05) is 0 Å². The fourth-order valence-corrected chi connectivity index (χ4v) is 3.33. The van der Waals surface area contributed by atoms with Gasteiger partial charge in [-0.15, -0.1) is 0 Å². The Morgan fingerprint density at radius 3 is 2.57 bits per heavy atom. The molecule has 0 spiro atoms. The number of amides is 3. The molecule has 0 aliphatic carbocycles. The lowest BCUT2D eigenvalue weighted by Crippen LogP contribution is -2.30. The molecule has 0 atom stereocenters. The van der Waals surface area contributed by atoms with Gasteiger partial charge < -0.3 is 24.3 Å². The maximum absolute atomic E-state index is 12.7. The SMILES string of the molecule is COC(=O)c1ccc(CN2C(=O)N/C(=C\c3ccc(OCc4cccc(C(=O)O)c4)cc3)C2=O)o1. The van der Waals surface area contributed by atoms with Crippen molar-refractivity contribution in [2.45, 2.75) is 13.2 Å². The summed E-state index contributed by atoms with van der Waals surface area (Å²) in [5.74, 6) is -1.42. The molecule has 2 heterocycles. The highest BCUT2D eigenvalue weighted by Crippen LogP contribution is 2.20. The van der Waals surface area contributed by atoms with E-state index in [1.54, 1.807) is 42.5 Å². The van der Waals surface area contributed by atoms with E-state index in [0.29, 0.717) is 16.9 Å². The standard InChI is InChI=1S/C25H20N2O8/c1-33-24(31)21-10-9-19(35-21)13-27-22(28)20(26-25(27)32)12-15-5-7-18(8-6-15)34-14-16-3-2-4-17(11-16)23(29)30/h2-12H,13-14H2,1H3,(H,26,32)(H,29,30)/b20-12-. The third-order valence-electron chi connectivity index (χ3n) is 5.10. The highest BCUT2D eigenvalue weighted by molar-refractivity contribution is 6.13. The normalized spacial score (nSPS) is 14.2. The van der Waals surface area contributed by atoms with Crippen LogP contribution in [0.4, 0.5) is 4.79 Å². The molecule has 0 radical (unpaired) electrons. The van der Waals surface area contributed by atoms with Gasteiger partial charge in [0.1, 0.15) is 23.8 Å². The fourth-order valence-electron chi connectivity index (χ4n) is 3.33. The van der Waals surface area contributed by atoms with Gasteiger partial charge in [-0.2, -0.15) is 0 Å². The van der Waals surface area contributed by atoms with E-state index in [4.69, 9.17) is 14.3 Å². The average molecular weight is 476 g/mol. The Labute approximate surface area is 199 Å². The Balaban J connectivity index is 1.38. The minimum Gasteiger partial charge on any atom is -0.489 e. The zero-order valence-corrected chi connectivity index (χ0v) is 18.5. The number of carboxylic acid groups (broad SMARTS) is 1. The molecule has 35 heavy (non-hydrogen) atoms. The van der Waals surface area contributed by atoms with Crippen molar-refractivity contribution in [2.75, 3.05) is 7.11 Å². The zero-order chi connectivity index (χ0) is 24.9. The van der Waals surface area contributed by atoms with Crippen molar-refractivity contribution in [3.05, 3.63) is 94.6 Å². The molecule has 2 aromatic carbocycles. The van der Waals surface area contributed by atoms with E-state index < -0.39 is 23.9 Å². The molecule has 1 aliphatic heterocycles. The summed E-state index contributed by atoms with van der Waals surface area (Å²) in [6.07, 6.45) is 1.53. The summed E-state index contributed by atoms with van der Waals surface area (Å²) < 4.78 is 15.6. The maximum atomic E-state index is 12.7. The second kappa shape index (κ2) is 9.96. The van der Waals surface area contributed by atoms with Crippen LogP contribution in [0, 0.1) is 0 Å². The molecular weight excluding hydrogens is 456 g/mol. The lowest BCUT2D eigenvalue weighted by molar-refractivity contribution is -0.123. The number of benzene rings is 2. The third-order valence-corrected chi connectivity index (χ3v) is 5.10. The molecule has 10 nitrogen and oxygen atoms in total. The van der Waals surface area contributed by atoms with Crippen molar-refractivity contribution >= 4 is 30.0 Å². The molecule has 0 unspecified atom stereocenters. The van der Waals surface area contributed by atoms with Crippen LogP contribution in [0.25, 0.3) is 6.08 Å². The Kier molecular flexibility index (Phi) is 6.63. The minimum atomic E-state index is -1.01. The van der Waals surface area contributed by atoms with E-state index >= 15 is 0 Å². The number of urea groups is 1. The molecule has 3 amide bonds. The summed E-state index contributed by atoms with van der Waals surface area (Å²) in [5, 5.41) is 11.6. The number of carbonyl (C=O) groups is 4. The van der Waals surface area contributed by atoms with Crippen molar-refractivity contribution in [3.63, 3.8) is 0 Å². The average Bonchev–Trinajstić information content (AvgIpc) is 3.43. The molecule has 4 rings (SSSR count). The van der Waals surface area contributed by atoms with Gasteiger partial charge in [0.15, 0.2) is 0 Å². The second-order valence-corrected chi connectivity index (χ2v) is 7.50. The van der Waals surface area contributed by atoms with Gasteiger partial charge in [-0.1, -0.05) is 24.3 Å². The largest absolute Gasteiger partial charge is 0.489 e. The van der Waals surface area contributed by atoms with Crippen LogP contribution in [-0.4, -0.2) is 41.0 Å².